The number of hydrogen-bond donors (Lipinski definition) is 0. The molecule has 2 aromatic carbocycles. The molecule has 0 aliphatic carbocycles. The SMILES string of the molecule is Cc1ccc(CN(C)C(=O)CS(=O)(=O)Cc2cc(Cl)c3c(c2)OCCO3)cc1. The van der Waals surface area contributed by atoms with Crippen molar-refractivity contribution in [3.8, 4) is 11.5 Å². The van der Waals surface area contributed by atoms with Crippen molar-refractivity contribution in [3.63, 3.8) is 0 Å². The van der Waals surface area contributed by atoms with Gasteiger partial charge in [0, 0.05) is 13.6 Å². The number of carbonyl (C=O) groups excluding carboxylic acids is 1. The Bertz CT molecular complexity index is 973. The van der Waals surface area contributed by atoms with E-state index in [1.54, 1.807) is 13.1 Å². The average molecular weight is 424 g/mol. The Morgan fingerprint density at radius 2 is 1.79 bits per heavy atom. The lowest BCUT2D eigenvalue weighted by Crippen LogP contribution is -2.32. The van der Waals surface area contributed by atoms with Gasteiger partial charge in [-0.1, -0.05) is 41.4 Å². The number of amides is 1. The lowest BCUT2D eigenvalue weighted by molar-refractivity contribution is -0.127. The predicted molar refractivity (Wildman–Crippen MR) is 108 cm³/mol. The lowest BCUT2D eigenvalue weighted by Gasteiger charge is -2.20. The van der Waals surface area contributed by atoms with E-state index in [9.17, 15) is 13.2 Å². The zero-order chi connectivity index (χ0) is 20.3. The van der Waals surface area contributed by atoms with Gasteiger partial charge in [-0.05, 0) is 30.2 Å². The monoisotopic (exact) mass is 423 g/mol. The Labute approximate surface area is 169 Å². The van der Waals surface area contributed by atoms with E-state index in [4.69, 9.17) is 21.1 Å². The van der Waals surface area contributed by atoms with Gasteiger partial charge < -0.3 is 14.4 Å². The van der Waals surface area contributed by atoms with Gasteiger partial charge in [0.2, 0.25) is 5.91 Å². The number of carbonyl (C=O) groups is 1. The predicted octanol–water partition coefficient (Wildman–Crippen LogP) is 2.99. The van der Waals surface area contributed by atoms with Crippen molar-refractivity contribution in [1.82, 2.24) is 4.90 Å². The number of fused-ring (bicyclic) bond motifs is 1. The molecule has 6 nitrogen and oxygen atoms in total. The molecule has 0 unspecified atom stereocenters. The first kappa shape index (κ1) is 20.5. The van der Waals surface area contributed by atoms with E-state index in [0.717, 1.165) is 11.1 Å². The van der Waals surface area contributed by atoms with Gasteiger partial charge in [0.25, 0.3) is 0 Å². The number of aryl methyl sites for hydroxylation is 1. The molecule has 0 fully saturated rings. The maximum Gasteiger partial charge on any atom is 0.237 e. The summed E-state index contributed by atoms with van der Waals surface area (Å²) in [5.74, 6) is -0.478. The van der Waals surface area contributed by atoms with Crippen LogP contribution < -0.4 is 9.47 Å². The van der Waals surface area contributed by atoms with Crippen LogP contribution in [0.1, 0.15) is 16.7 Å². The Morgan fingerprint density at radius 1 is 1.11 bits per heavy atom. The molecule has 3 rings (SSSR count). The standard InChI is InChI=1S/C20H22ClNO5S/c1-14-3-5-15(6-4-14)11-22(2)19(23)13-28(24,25)12-16-9-17(21)20-18(10-16)26-7-8-27-20/h3-6,9-10H,7-8,11-13H2,1-2H3. The molecule has 1 aliphatic rings. The van der Waals surface area contributed by atoms with E-state index in [1.807, 2.05) is 31.2 Å². The third kappa shape index (κ3) is 5.17. The van der Waals surface area contributed by atoms with Crippen LogP contribution in [-0.2, 0) is 26.9 Å². The maximum absolute atomic E-state index is 12.5. The minimum absolute atomic E-state index is 0.296. The van der Waals surface area contributed by atoms with Crippen molar-refractivity contribution >= 4 is 27.3 Å². The van der Waals surface area contributed by atoms with Crippen LogP contribution in [0.15, 0.2) is 36.4 Å². The zero-order valence-electron chi connectivity index (χ0n) is 15.8. The van der Waals surface area contributed by atoms with Crippen LogP contribution in [0.2, 0.25) is 5.02 Å². The minimum atomic E-state index is -3.67. The smallest absolute Gasteiger partial charge is 0.237 e. The van der Waals surface area contributed by atoms with Gasteiger partial charge in [-0.15, -0.1) is 0 Å². The van der Waals surface area contributed by atoms with Gasteiger partial charge in [-0.3, -0.25) is 4.79 Å². The Morgan fingerprint density at radius 3 is 2.50 bits per heavy atom. The van der Waals surface area contributed by atoms with Crippen LogP contribution in [-0.4, -0.2) is 45.2 Å². The van der Waals surface area contributed by atoms with Crippen LogP contribution >= 0.6 is 11.6 Å². The summed E-state index contributed by atoms with van der Waals surface area (Å²) in [5, 5.41) is 0.296. The topological polar surface area (TPSA) is 72.9 Å². The Kier molecular flexibility index (Phi) is 6.15. The van der Waals surface area contributed by atoms with E-state index in [-0.39, 0.29) is 5.75 Å². The molecule has 2 aromatic rings. The van der Waals surface area contributed by atoms with E-state index in [2.05, 4.69) is 0 Å². The zero-order valence-corrected chi connectivity index (χ0v) is 17.3. The first-order chi connectivity index (χ1) is 13.2. The van der Waals surface area contributed by atoms with Crippen LogP contribution in [0.4, 0.5) is 0 Å². The van der Waals surface area contributed by atoms with Gasteiger partial charge >= 0.3 is 0 Å². The normalized spacial score (nSPS) is 13.2. The number of sulfone groups is 1. The number of benzene rings is 2. The molecule has 0 aromatic heterocycles. The summed E-state index contributed by atoms with van der Waals surface area (Å²) >= 11 is 6.16. The van der Waals surface area contributed by atoms with E-state index < -0.39 is 21.5 Å². The third-order valence-corrected chi connectivity index (χ3v) is 6.09. The van der Waals surface area contributed by atoms with Gasteiger partial charge in [0.15, 0.2) is 21.3 Å². The average Bonchev–Trinajstić information content (AvgIpc) is 2.62. The molecular formula is C20H22ClNO5S. The van der Waals surface area contributed by atoms with Crippen molar-refractivity contribution in [3.05, 3.63) is 58.1 Å². The van der Waals surface area contributed by atoms with Crippen molar-refractivity contribution in [2.45, 2.75) is 19.2 Å². The molecule has 1 amide bonds. The second-order valence-corrected chi connectivity index (χ2v) is 9.34. The van der Waals surface area contributed by atoms with Crippen LogP contribution in [0.25, 0.3) is 0 Å². The van der Waals surface area contributed by atoms with Crippen LogP contribution in [0.3, 0.4) is 0 Å². The number of ether oxygens (including phenoxy) is 2. The maximum atomic E-state index is 12.5. The van der Waals surface area contributed by atoms with Crippen molar-refractivity contribution in [2.75, 3.05) is 26.0 Å². The number of halogens is 1. The molecule has 28 heavy (non-hydrogen) atoms. The van der Waals surface area contributed by atoms with E-state index >= 15 is 0 Å². The highest BCUT2D eigenvalue weighted by atomic mass is 35.5. The highest BCUT2D eigenvalue weighted by Gasteiger charge is 2.23. The van der Waals surface area contributed by atoms with Crippen LogP contribution in [0.5, 0.6) is 11.5 Å². The minimum Gasteiger partial charge on any atom is -0.486 e. The molecule has 0 N–H and O–H groups in total. The molecule has 0 saturated carbocycles. The second kappa shape index (κ2) is 8.41. The first-order valence-electron chi connectivity index (χ1n) is 8.81. The third-order valence-electron chi connectivity index (χ3n) is 4.35. The largest absolute Gasteiger partial charge is 0.486 e. The molecule has 1 aliphatic heterocycles. The number of hydrogen-bond acceptors (Lipinski definition) is 5. The molecular weight excluding hydrogens is 402 g/mol. The molecule has 150 valence electrons. The highest BCUT2D eigenvalue weighted by Crippen LogP contribution is 2.38. The fourth-order valence-electron chi connectivity index (χ4n) is 2.91. The van der Waals surface area contributed by atoms with Crippen molar-refractivity contribution in [2.24, 2.45) is 0 Å². The summed E-state index contributed by atoms with van der Waals surface area (Å²) in [7, 11) is -2.07. The molecule has 8 heteroatoms. The number of rotatable bonds is 6. The second-order valence-electron chi connectivity index (χ2n) is 6.87. The quantitative estimate of drug-likeness (QED) is 0.714. The summed E-state index contributed by atoms with van der Waals surface area (Å²) in [5.41, 5.74) is 2.53. The summed E-state index contributed by atoms with van der Waals surface area (Å²) in [6.45, 7) is 3.11. The molecule has 0 atom stereocenters. The Hall–Kier alpha value is -2.25. The van der Waals surface area contributed by atoms with E-state index in [0.29, 0.717) is 41.8 Å². The molecule has 0 bridgehead atoms. The fourth-order valence-corrected chi connectivity index (χ4v) is 4.57. The van der Waals surface area contributed by atoms with Crippen molar-refractivity contribution in [1.29, 1.82) is 0 Å². The molecule has 1 heterocycles. The van der Waals surface area contributed by atoms with E-state index in [1.165, 1.54) is 11.0 Å². The Balaban J connectivity index is 1.65. The first-order valence-corrected chi connectivity index (χ1v) is 11.0. The summed E-state index contributed by atoms with van der Waals surface area (Å²) in [4.78, 5) is 13.8. The van der Waals surface area contributed by atoms with Gasteiger partial charge in [0.05, 0.1) is 10.8 Å². The van der Waals surface area contributed by atoms with Crippen molar-refractivity contribution < 1.29 is 22.7 Å². The molecule has 0 saturated heterocycles. The van der Waals surface area contributed by atoms with Crippen LogP contribution in [0, 0.1) is 6.92 Å². The summed E-state index contributed by atoms with van der Waals surface area (Å²) in [6.07, 6.45) is 0. The van der Waals surface area contributed by atoms with Gasteiger partial charge in [-0.25, -0.2) is 8.42 Å². The van der Waals surface area contributed by atoms with Gasteiger partial charge in [0.1, 0.15) is 19.0 Å². The summed E-state index contributed by atoms with van der Waals surface area (Å²) < 4.78 is 36.0. The lowest BCUT2D eigenvalue weighted by atomic mass is 10.1. The number of nitrogens with zero attached hydrogens (tertiary/aromatic N) is 1. The molecule has 0 radical (unpaired) electrons. The molecule has 0 spiro atoms. The fraction of sp³-hybridized carbons (Fsp3) is 0.350. The van der Waals surface area contributed by atoms with Gasteiger partial charge in [-0.2, -0.15) is 0 Å². The summed E-state index contributed by atoms with van der Waals surface area (Å²) in [6, 6.07) is 10.9. The highest BCUT2D eigenvalue weighted by molar-refractivity contribution is 7.91.